The van der Waals surface area contributed by atoms with E-state index >= 15 is 0 Å². The molecule has 5 rings (SSSR count). The number of amides is 1. The van der Waals surface area contributed by atoms with E-state index < -0.39 is 6.04 Å². The summed E-state index contributed by atoms with van der Waals surface area (Å²) in [5.74, 6) is 2.37. The van der Waals surface area contributed by atoms with E-state index in [4.69, 9.17) is 19.6 Å². The predicted molar refractivity (Wildman–Crippen MR) is 181 cm³/mol. The fourth-order valence-corrected chi connectivity index (χ4v) is 6.45. The Morgan fingerprint density at radius 1 is 1.02 bits per heavy atom. The first kappa shape index (κ1) is 31.7. The molecule has 0 saturated heterocycles. The fraction of sp³-hybridized carbons (Fsp3) is 0.324. The van der Waals surface area contributed by atoms with Gasteiger partial charge >= 0.3 is 0 Å². The molecular weight excluding hydrogens is 638 g/mol. The van der Waals surface area contributed by atoms with Crippen LogP contribution in [0, 0.1) is 27.7 Å². The van der Waals surface area contributed by atoms with Crippen molar-refractivity contribution < 1.29 is 14.3 Å². The Bertz CT molecular complexity index is 1750. The van der Waals surface area contributed by atoms with Crippen molar-refractivity contribution in [1.82, 2.24) is 14.8 Å². The third kappa shape index (κ3) is 6.66. The smallest absolute Gasteiger partial charge is 0.255 e. The molecule has 0 bridgehead atoms. The largest absolute Gasteiger partial charge is 0.490 e. The van der Waals surface area contributed by atoms with Gasteiger partial charge in [0.05, 0.1) is 16.7 Å². The molecule has 1 amide bonds. The van der Waals surface area contributed by atoms with Crippen LogP contribution in [0.15, 0.2) is 69.4 Å². The van der Waals surface area contributed by atoms with Crippen molar-refractivity contribution in [1.29, 1.82) is 0 Å². The minimum absolute atomic E-state index is 0.226. The number of allylic oxidation sites excluding steroid dienone is 1. The summed E-state index contributed by atoms with van der Waals surface area (Å²) >= 11 is 5.32. The van der Waals surface area contributed by atoms with E-state index in [1.165, 1.54) is 16.7 Å². The molecule has 1 atom stereocenters. The summed E-state index contributed by atoms with van der Waals surface area (Å²) < 4.78 is 15.0. The summed E-state index contributed by atoms with van der Waals surface area (Å²) in [4.78, 5) is 18.7. The van der Waals surface area contributed by atoms with Gasteiger partial charge in [0.15, 0.2) is 11.5 Å². The summed E-state index contributed by atoms with van der Waals surface area (Å²) in [6.07, 6.45) is 0. The molecule has 4 aromatic rings. The van der Waals surface area contributed by atoms with E-state index in [2.05, 4.69) is 66.4 Å². The number of fused-ring (bicyclic) bond motifs is 1. The number of halogens is 1. The van der Waals surface area contributed by atoms with Gasteiger partial charge in [0.2, 0.25) is 11.1 Å². The number of hydrogen-bond donors (Lipinski definition) is 2. The number of aryl methyl sites for hydroxylation is 4. The van der Waals surface area contributed by atoms with Crippen LogP contribution in [-0.4, -0.2) is 33.0 Å². The first-order valence-corrected chi connectivity index (χ1v) is 16.5. The van der Waals surface area contributed by atoms with Crippen LogP contribution in [0.4, 0.5) is 11.6 Å². The molecule has 2 heterocycles. The lowest BCUT2D eigenvalue weighted by Crippen LogP contribution is -2.31. The second-order valence-electron chi connectivity index (χ2n) is 10.9. The zero-order valence-corrected chi connectivity index (χ0v) is 28.6. The van der Waals surface area contributed by atoms with E-state index in [1.807, 2.05) is 57.2 Å². The first-order chi connectivity index (χ1) is 21.1. The molecule has 0 radical (unpaired) electrons. The van der Waals surface area contributed by atoms with Crippen LogP contribution in [-0.2, 0) is 11.4 Å². The number of rotatable bonds is 10. The van der Waals surface area contributed by atoms with Gasteiger partial charge in [0.25, 0.3) is 5.91 Å². The van der Waals surface area contributed by atoms with E-state index in [0.29, 0.717) is 47.1 Å². The second-order valence-corrected chi connectivity index (χ2v) is 13.0. The zero-order chi connectivity index (χ0) is 31.5. The highest BCUT2D eigenvalue weighted by Gasteiger charge is 2.35. The lowest BCUT2D eigenvalue weighted by atomic mass is 9.94. The van der Waals surface area contributed by atoms with Crippen molar-refractivity contribution in [2.24, 2.45) is 0 Å². The molecule has 230 valence electrons. The van der Waals surface area contributed by atoms with Crippen molar-refractivity contribution in [2.75, 3.05) is 23.0 Å². The maximum Gasteiger partial charge on any atom is 0.255 e. The molecule has 8 nitrogen and oxygen atoms in total. The number of carbonyl (C=O) groups excluding carboxylic acids is 1. The molecule has 0 saturated carbocycles. The van der Waals surface area contributed by atoms with Gasteiger partial charge in [-0.3, -0.25) is 4.79 Å². The molecule has 2 N–H and O–H groups in total. The summed E-state index contributed by atoms with van der Waals surface area (Å²) in [7, 11) is 0. The molecule has 10 heteroatoms. The van der Waals surface area contributed by atoms with Crippen LogP contribution in [0.5, 0.6) is 11.5 Å². The van der Waals surface area contributed by atoms with Crippen LogP contribution in [0.2, 0.25) is 0 Å². The molecule has 1 unspecified atom stereocenters. The van der Waals surface area contributed by atoms with Gasteiger partial charge in [-0.2, -0.15) is 4.98 Å². The van der Waals surface area contributed by atoms with E-state index in [9.17, 15) is 4.79 Å². The first-order valence-electron chi connectivity index (χ1n) is 14.7. The monoisotopic (exact) mass is 675 g/mol. The number of hydrogen-bond acceptors (Lipinski definition) is 7. The number of anilines is 2. The van der Waals surface area contributed by atoms with Crippen LogP contribution in [0.3, 0.4) is 0 Å². The number of aromatic nitrogens is 3. The van der Waals surface area contributed by atoms with Gasteiger partial charge in [0, 0.05) is 11.4 Å². The van der Waals surface area contributed by atoms with Crippen molar-refractivity contribution in [3.8, 4) is 11.5 Å². The molecule has 3 aromatic carbocycles. The Hall–Kier alpha value is -3.76. The van der Waals surface area contributed by atoms with Gasteiger partial charge in [-0.25, -0.2) is 4.68 Å². The average Bonchev–Trinajstić information content (AvgIpc) is 3.36. The van der Waals surface area contributed by atoms with Crippen LogP contribution < -0.4 is 20.1 Å². The summed E-state index contributed by atoms with van der Waals surface area (Å²) in [6.45, 7) is 15.1. The van der Waals surface area contributed by atoms with Gasteiger partial charge in [-0.15, -0.1) is 5.10 Å². The highest BCUT2D eigenvalue weighted by Crippen LogP contribution is 2.44. The second kappa shape index (κ2) is 13.5. The Kier molecular flexibility index (Phi) is 9.70. The minimum atomic E-state index is -0.568. The number of ether oxygens (including phenoxy) is 2. The van der Waals surface area contributed by atoms with E-state index in [0.717, 1.165) is 32.6 Å². The summed E-state index contributed by atoms with van der Waals surface area (Å²) in [6, 6.07) is 15.5. The molecule has 44 heavy (non-hydrogen) atoms. The number of nitrogens with zero attached hydrogens (tertiary/aromatic N) is 3. The Morgan fingerprint density at radius 3 is 2.52 bits per heavy atom. The van der Waals surface area contributed by atoms with Crippen LogP contribution in [0.25, 0.3) is 0 Å². The highest BCUT2D eigenvalue weighted by molar-refractivity contribution is 9.10. The van der Waals surface area contributed by atoms with Crippen LogP contribution >= 0.6 is 27.7 Å². The lowest BCUT2D eigenvalue weighted by Gasteiger charge is -2.29. The Balaban J connectivity index is 1.57. The molecule has 0 aliphatic carbocycles. The predicted octanol–water partition coefficient (Wildman–Crippen LogP) is 8.29. The standard InChI is InChI=1S/C34H38BrN5O3S/c1-8-42-28-17-24(16-27(35)31(28)43-18-25-15-21(5)20(4)14-22(25)6)30-29(32(41)37-26-12-10-11-19(3)13-26)23(7)36-33-38-34(44-9-2)39-40(30)33/h10-17,30H,8-9,18H2,1-7H3,(H,37,41)(H,36,38,39). The van der Waals surface area contributed by atoms with Crippen molar-refractivity contribution in [3.63, 3.8) is 0 Å². The lowest BCUT2D eigenvalue weighted by molar-refractivity contribution is -0.113. The van der Waals surface area contributed by atoms with E-state index in [-0.39, 0.29) is 5.91 Å². The van der Waals surface area contributed by atoms with Crippen molar-refractivity contribution >= 4 is 45.2 Å². The van der Waals surface area contributed by atoms with Crippen molar-refractivity contribution in [3.05, 3.63) is 97.7 Å². The summed E-state index contributed by atoms with van der Waals surface area (Å²) in [5, 5.41) is 11.9. The highest BCUT2D eigenvalue weighted by atomic mass is 79.9. The maximum absolute atomic E-state index is 14.0. The SMILES string of the molecule is CCOc1cc(C2C(C(=O)Nc3cccc(C)c3)=C(C)Nc3nc(SCC)nn32)cc(Br)c1OCc1cc(C)c(C)cc1C. The molecule has 1 aromatic heterocycles. The zero-order valence-electron chi connectivity index (χ0n) is 26.2. The van der Waals surface area contributed by atoms with E-state index in [1.54, 1.807) is 16.4 Å². The molecule has 1 aliphatic rings. The Labute approximate surface area is 271 Å². The number of thioether (sulfide) groups is 1. The van der Waals surface area contributed by atoms with Crippen LogP contribution in [0.1, 0.15) is 60.2 Å². The third-order valence-corrected chi connectivity index (χ3v) is 8.91. The topological polar surface area (TPSA) is 90.3 Å². The number of carbonyl (C=O) groups is 1. The number of nitrogens with one attached hydrogen (secondary N) is 2. The Morgan fingerprint density at radius 2 is 1.80 bits per heavy atom. The maximum atomic E-state index is 14.0. The minimum Gasteiger partial charge on any atom is -0.490 e. The van der Waals surface area contributed by atoms with Crippen molar-refractivity contribution in [2.45, 2.75) is 66.3 Å². The van der Waals surface area contributed by atoms with Gasteiger partial charge < -0.3 is 20.1 Å². The third-order valence-electron chi connectivity index (χ3n) is 7.60. The van der Waals surface area contributed by atoms with Gasteiger partial charge in [0.1, 0.15) is 12.6 Å². The fourth-order valence-electron chi connectivity index (χ4n) is 5.32. The molecule has 0 spiro atoms. The molecule has 1 aliphatic heterocycles. The van der Waals surface area contributed by atoms with Gasteiger partial charge in [-0.1, -0.05) is 43.0 Å². The average molecular weight is 677 g/mol. The normalized spacial score (nSPS) is 14.2. The summed E-state index contributed by atoms with van der Waals surface area (Å²) in [5.41, 5.74) is 8.60. The number of benzene rings is 3. The quantitative estimate of drug-likeness (QED) is 0.163. The molecular formula is C34H38BrN5O3S. The molecule has 0 fully saturated rings. The van der Waals surface area contributed by atoms with Gasteiger partial charge in [-0.05, 0) is 121 Å².